The maximum absolute atomic E-state index is 12.1. The van der Waals surface area contributed by atoms with Crippen molar-refractivity contribution < 1.29 is 9.59 Å². The molecule has 2 aromatic rings. The summed E-state index contributed by atoms with van der Waals surface area (Å²) in [6.07, 6.45) is 3.48. The van der Waals surface area contributed by atoms with Crippen LogP contribution in [0.25, 0.3) is 0 Å². The molecule has 1 aliphatic rings. The number of nitrogens with one attached hydrogen (secondary N) is 1. The third-order valence-corrected chi connectivity index (χ3v) is 4.04. The van der Waals surface area contributed by atoms with Crippen LogP contribution in [0, 0.1) is 5.92 Å². The summed E-state index contributed by atoms with van der Waals surface area (Å²) in [6, 6.07) is 10.0. The minimum Gasteiger partial charge on any atom is -0.340 e. The highest BCUT2D eigenvalue weighted by atomic mass is 35.5. The molecule has 3 rings (SSSR count). The topological polar surface area (TPSA) is 67.2 Å². The SMILES string of the molecule is O=C(Nc1cn(Cc2ccccc2)cn1)C1CN(C(=O)CCl)C1. The molecule has 1 saturated heterocycles. The summed E-state index contributed by atoms with van der Waals surface area (Å²) in [7, 11) is 0. The minimum atomic E-state index is -0.193. The van der Waals surface area contributed by atoms with Crippen molar-refractivity contribution in [2.75, 3.05) is 24.3 Å². The summed E-state index contributed by atoms with van der Waals surface area (Å²) in [5.74, 6) is 0.0315. The molecule has 23 heavy (non-hydrogen) atoms. The largest absolute Gasteiger partial charge is 0.340 e. The van der Waals surface area contributed by atoms with Crippen molar-refractivity contribution in [2.24, 2.45) is 5.92 Å². The summed E-state index contributed by atoms with van der Waals surface area (Å²) in [5.41, 5.74) is 1.16. The Morgan fingerprint density at radius 3 is 2.70 bits per heavy atom. The van der Waals surface area contributed by atoms with Gasteiger partial charge in [0.2, 0.25) is 11.8 Å². The van der Waals surface area contributed by atoms with E-state index in [9.17, 15) is 9.59 Å². The molecule has 1 aliphatic heterocycles. The number of anilines is 1. The van der Waals surface area contributed by atoms with Gasteiger partial charge in [0.05, 0.1) is 12.2 Å². The summed E-state index contributed by atoms with van der Waals surface area (Å²) >= 11 is 5.48. The molecule has 0 bridgehead atoms. The fourth-order valence-electron chi connectivity index (χ4n) is 2.47. The number of benzene rings is 1. The van der Waals surface area contributed by atoms with Crippen molar-refractivity contribution in [1.29, 1.82) is 0 Å². The van der Waals surface area contributed by atoms with Crippen LogP contribution in [0.5, 0.6) is 0 Å². The first-order chi connectivity index (χ1) is 11.2. The first-order valence-corrected chi connectivity index (χ1v) is 7.89. The second-order valence-electron chi connectivity index (χ2n) is 5.54. The van der Waals surface area contributed by atoms with Crippen molar-refractivity contribution in [2.45, 2.75) is 6.54 Å². The molecule has 120 valence electrons. The van der Waals surface area contributed by atoms with Gasteiger partial charge < -0.3 is 14.8 Å². The normalized spacial score (nSPS) is 14.4. The van der Waals surface area contributed by atoms with E-state index in [0.717, 1.165) is 5.56 Å². The second kappa shape index (κ2) is 6.83. The van der Waals surface area contributed by atoms with Gasteiger partial charge in [0.25, 0.3) is 0 Å². The van der Waals surface area contributed by atoms with Gasteiger partial charge in [0.15, 0.2) is 5.82 Å². The van der Waals surface area contributed by atoms with Gasteiger partial charge in [0.1, 0.15) is 5.88 Å². The van der Waals surface area contributed by atoms with E-state index in [1.165, 1.54) is 0 Å². The zero-order valence-electron chi connectivity index (χ0n) is 12.5. The second-order valence-corrected chi connectivity index (χ2v) is 5.80. The molecular weight excluding hydrogens is 316 g/mol. The Kier molecular flexibility index (Phi) is 4.62. The summed E-state index contributed by atoms with van der Waals surface area (Å²) < 4.78 is 1.91. The molecule has 0 saturated carbocycles. The molecule has 2 heterocycles. The van der Waals surface area contributed by atoms with Gasteiger partial charge in [0, 0.05) is 25.8 Å². The van der Waals surface area contributed by atoms with E-state index in [1.807, 2.05) is 34.9 Å². The quantitative estimate of drug-likeness (QED) is 0.845. The number of carbonyl (C=O) groups is 2. The lowest BCUT2D eigenvalue weighted by molar-refractivity contribution is -0.138. The number of hydrogen-bond donors (Lipinski definition) is 1. The number of hydrogen-bond acceptors (Lipinski definition) is 3. The maximum atomic E-state index is 12.1. The van der Waals surface area contributed by atoms with E-state index in [0.29, 0.717) is 25.5 Å². The number of carbonyl (C=O) groups excluding carboxylic acids is 2. The van der Waals surface area contributed by atoms with Crippen LogP contribution < -0.4 is 5.32 Å². The van der Waals surface area contributed by atoms with Gasteiger partial charge in [-0.25, -0.2) is 4.98 Å². The molecule has 1 fully saturated rings. The Bertz CT molecular complexity index is 695. The first-order valence-electron chi connectivity index (χ1n) is 7.36. The van der Waals surface area contributed by atoms with Crippen molar-refractivity contribution in [3.63, 3.8) is 0 Å². The highest BCUT2D eigenvalue weighted by Gasteiger charge is 2.35. The molecule has 1 aromatic carbocycles. The third kappa shape index (κ3) is 3.71. The average molecular weight is 333 g/mol. The lowest BCUT2D eigenvalue weighted by Gasteiger charge is -2.37. The minimum absolute atomic E-state index is 0.0434. The van der Waals surface area contributed by atoms with Crippen LogP contribution in [0.4, 0.5) is 5.82 Å². The number of imidazole rings is 1. The van der Waals surface area contributed by atoms with Crippen molar-refractivity contribution in [1.82, 2.24) is 14.5 Å². The molecule has 0 unspecified atom stereocenters. The Balaban J connectivity index is 1.51. The van der Waals surface area contributed by atoms with Gasteiger partial charge in [-0.05, 0) is 5.56 Å². The zero-order chi connectivity index (χ0) is 16.2. The number of halogens is 1. The van der Waals surface area contributed by atoms with E-state index < -0.39 is 0 Å². The van der Waals surface area contributed by atoms with Gasteiger partial charge in [-0.2, -0.15) is 0 Å². The molecule has 0 atom stereocenters. The van der Waals surface area contributed by atoms with Gasteiger partial charge in [-0.1, -0.05) is 30.3 Å². The molecule has 6 nitrogen and oxygen atoms in total. The number of aromatic nitrogens is 2. The Morgan fingerprint density at radius 1 is 1.26 bits per heavy atom. The van der Waals surface area contributed by atoms with E-state index in [4.69, 9.17) is 11.6 Å². The summed E-state index contributed by atoms with van der Waals surface area (Å²) in [5, 5.41) is 2.79. The van der Waals surface area contributed by atoms with Crippen LogP contribution in [-0.2, 0) is 16.1 Å². The molecule has 0 aliphatic carbocycles. The van der Waals surface area contributed by atoms with Crippen LogP contribution in [0.2, 0.25) is 0 Å². The van der Waals surface area contributed by atoms with E-state index in [1.54, 1.807) is 17.4 Å². The molecule has 1 N–H and O–H groups in total. The van der Waals surface area contributed by atoms with E-state index in [-0.39, 0.29) is 23.6 Å². The standard InChI is InChI=1S/C16H17ClN4O2/c17-6-15(22)21-8-13(9-21)16(23)19-14-10-20(11-18-14)7-12-4-2-1-3-5-12/h1-5,10-11,13H,6-9H2,(H,19,23). The third-order valence-electron chi connectivity index (χ3n) is 3.81. The monoisotopic (exact) mass is 332 g/mol. The van der Waals surface area contributed by atoms with Crippen LogP contribution in [0.1, 0.15) is 5.56 Å². The van der Waals surface area contributed by atoms with Crippen LogP contribution in [-0.4, -0.2) is 45.2 Å². The van der Waals surface area contributed by atoms with Gasteiger partial charge in [-0.15, -0.1) is 11.6 Å². The number of nitrogens with zero attached hydrogens (tertiary/aromatic N) is 3. The predicted molar refractivity (Wildman–Crippen MR) is 87.2 cm³/mol. The highest BCUT2D eigenvalue weighted by Crippen LogP contribution is 2.18. The number of rotatable bonds is 5. The maximum Gasteiger partial charge on any atom is 0.237 e. The van der Waals surface area contributed by atoms with Crippen LogP contribution in [0.3, 0.4) is 0 Å². The van der Waals surface area contributed by atoms with Crippen LogP contribution >= 0.6 is 11.6 Å². The van der Waals surface area contributed by atoms with E-state index >= 15 is 0 Å². The predicted octanol–water partition coefficient (Wildman–Crippen LogP) is 1.57. The van der Waals surface area contributed by atoms with Crippen molar-refractivity contribution >= 4 is 29.2 Å². The number of amides is 2. The van der Waals surface area contributed by atoms with Gasteiger partial charge in [-0.3, -0.25) is 9.59 Å². The number of likely N-dealkylation sites (tertiary alicyclic amines) is 1. The molecular formula is C16H17ClN4O2. The molecule has 2 amide bonds. The molecule has 0 spiro atoms. The summed E-state index contributed by atoms with van der Waals surface area (Å²) in [6.45, 7) is 1.54. The lowest BCUT2D eigenvalue weighted by Crippen LogP contribution is -2.54. The highest BCUT2D eigenvalue weighted by molar-refractivity contribution is 6.27. The molecule has 0 radical (unpaired) electrons. The Morgan fingerprint density at radius 2 is 2.00 bits per heavy atom. The smallest absolute Gasteiger partial charge is 0.237 e. The average Bonchev–Trinajstić information content (AvgIpc) is 2.93. The molecule has 1 aromatic heterocycles. The fraction of sp³-hybridized carbons (Fsp3) is 0.312. The summed E-state index contributed by atoms with van der Waals surface area (Å²) in [4.78, 5) is 29.2. The zero-order valence-corrected chi connectivity index (χ0v) is 13.2. The van der Waals surface area contributed by atoms with E-state index in [2.05, 4.69) is 10.3 Å². The fourth-order valence-corrected chi connectivity index (χ4v) is 2.64. The van der Waals surface area contributed by atoms with Gasteiger partial charge >= 0.3 is 0 Å². The number of alkyl halides is 1. The first kappa shape index (κ1) is 15.6. The molecule has 7 heteroatoms. The van der Waals surface area contributed by atoms with Crippen molar-refractivity contribution in [3.8, 4) is 0 Å². The van der Waals surface area contributed by atoms with Crippen molar-refractivity contribution in [3.05, 3.63) is 48.4 Å². The lowest BCUT2D eigenvalue weighted by atomic mass is 9.99. The Labute approximate surface area is 139 Å². The Hall–Kier alpha value is -2.34. The van der Waals surface area contributed by atoms with Crippen LogP contribution in [0.15, 0.2) is 42.9 Å².